The Labute approximate surface area is 136 Å². The van der Waals surface area contributed by atoms with Crippen molar-refractivity contribution in [3.05, 3.63) is 43.4 Å². The largest absolute Gasteiger partial charge is 0.250 e. The van der Waals surface area contributed by atoms with E-state index in [1.54, 1.807) is 12.1 Å². The maximum atomic E-state index is 6.11. The number of aromatic nitrogens is 3. The summed E-state index contributed by atoms with van der Waals surface area (Å²) in [6.45, 7) is 3.99. The van der Waals surface area contributed by atoms with E-state index in [2.05, 4.69) is 15.3 Å². The van der Waals surface area contributed by atoms with Gasteiger partial charge in [0.1, 0.15) is 0 Å². The van der Waals surface area contributed by atoms with E-state index in [1.165, 1.54) is 10.9 Å². The molecule has 1 heterocycles. The zero-order valence-corrected chi connectivity index (χ0v) is 13.8. The summed E-state index contributed by atoms with van der Waals surface area (Å²) in [7, 11) is 0. The second-order valence-electron chi connectivity index (χ2n) is 4.35. The van der Waals surface area contributed by atoms with E-state index in [9.17, 15) is 0 Å². The summed E-state index contributed by atoms with van der Waals surface area (Å²) in [5.41, 5.74) is 0.540. The first-order valence-electron chi connectivity index (χ1n) is 5.77. The molecule has 20 heavy (non-hydrogen) atoms. The summed E-state index contributed by atoms with van der Waals surface area (Å²) >= 11 is 23.3. The van der Waals surface area contributed by atoms with Crippen LogP contribution in [0.25, 0.3) is 0 Å². The van der Waals surface area contributed by atoms with Crippen LogP contribution in [-0.2, 0) is 0 Å². The van der Waals surface area contributed by atoms with Crippen molar-refractivity contribution in [2.45, 2.75) is 19.8 Å². The van der Waals surface area contributed by atoms with E-state index in [0.717, 1.165) is 5.82 Å². The lowest BCUT2D eigenvalue weighted by atomic mass is 10.2. The predicted octanol–water partition coefficient (Wildman–Crippen LogP) is 4.91. The Morgan fingerprint density at radius 1 is 1.30 bits per heavy atom. The van der Waals surface area contributed by atoms with Gasteiger partial charge in [0.15, 0.2) is 5.82 Å². The van der Waals surface area contributed by atoms with Gasteiger partial charge in [-0.1, -0.05) is 48.7 Å². The number of H-pyrrole nitrogens is 1. The van der Waals surface area contributed by atoms with E-state index in [4.69, 9.17) is 47.0 Å². The van der Waals surface area contributed by atoms with E-state index in [-0.39, 0.29) is 5.92 Å². The van der Waals surface area contributed by atoms with E-state index in [0.29, 0.717) is 25.4 Å². The molecule has 0 spiro atoms. The average molecular weight is 350 g/mol. The molecular weight excluding hydrogens is 339 g/mol. The molecule has 106 valence electrons. The first-order chi connectivity index (χ1) is 9.41. The van der Waals surface area contributed by atoms with Crippen LogP contribution in [0, 0.1) is 4.77 Å². The van der Waals surface area contributed by atoms with Crippen LogP contribution >= 0.6 is 47.0 Å². The molecule has 0 saturated carbocycles. The van der Waals surface area contributed by atoms with Crippen molar-refractivity contribution in [1.82, 2.24) is 14.9 Å². The Kier molecular flexibility index (Phi) is 4.86. The summed E-state index contributed by atoms with van der Waals surface area (Å²) < 4.78 is 1.94. The highest BCUT2D eigenvalue weighted by molar-refractivity contribution is 7.71. The molecule has 0 unspecified atom stereocenters. The normalized spacial score (nSPS) is 11.7. The summed E-state index contributed by atoms with van der Waals surface area (Å²) in [6, 6.07) is 3.29. The Balaban J connectivity index is 2.48. The lowest BCUT2D eigenvalue weighted by Gasteiger charge is -2.05. The molecule has 0 aliphatic heterocycles. The lowest BCUT2D eigenvalue weighted by Crippen LogP contribution is -2.01. The fourth-order valence-corrected chi connectivity index (χ4v) is 2.39. The standard InChI is InChI=1S/C12H11Cl3N4S/c1-6(2)11-17-18-12(20)19(11)16-5-7-8(13)3-4-9(14)10(7)15/h3-6H,1-2H3,(H,18,20)/b16-5+. The molecule has 0 aliphatic carbocycles. The molecule has 2 rings (SSSR count). The van der Waals surface area contributed by atoms with Crippen LogP contribution in [0.2, 0.25) is 15.1 Å². The second kappa shape index (κ2) is 6.26. The van der Waals surface area contributed by atoms with E-state index in [1.807, 2.05) is 13.8 Å². The molecule has 1 aromatic carbocycles. The first-order valence-corrected chi connectivity index (χ1v) is 7.31. The van der Waals surface area contributed by atoms with Crippen LogP contribution in [0.5, 0.6) is 0 Å². The third-order valence-electron chi connectivity index (χ3n) is 2.57. The molecule has 1 aromatic heterocycles. The van der Waals surface area contributed by atoms with Crippen LogP contribution in [0.1, 0.15) is 31.2 Å². The SMILES string of the molecule is CC(C)c1n[nH]c(=S)n1/N=C/c1c(Cl)ccc(Cl)c1Cl. The molecule has 0 fully saturated rings. The highest BCUT2D eigenvalue weighted by Crippen LogP contribution is 2.30. The van der Waals surface area contributed by atoms with Gasteiger partial charge in [-0.3, -0.25) is 5.10 Å². The second-order valence-corrected chi connectivity index (χ2v) is 5.93. The number of benzene rings is 1. The third-order valence-corrected chi connectivity index (χ3v) is 3.99. The first kappa shape index (κ1) is 15.5. The number of hydrogen-bond acceptors (Lipinski definition) is 3. The molecule has 1 N–H and O–H groups in total. The van der Waals surface area contributed by atoms with Crippen molar-refractivity contribution in [3.63, 3.8) is 0 Å². The summed E-state index contributed by atoms with van der Waals surface area (Å²) in [5.74, 6) is 0.894. The molecule has 0 aliphatic rings. The molecule has 2 aromatic rings. The van der Waals surface area contributed by atoms with Gasteiger partial charge < -0.3 is 0 Å². The minimum absolute atomic E-state index is 0.172. The summed E-state index contributed by atoms with van der Waals surface area (Å²) in [4.78, 5) is 0. The molecule has 0 saturated heterocycles. The topological polar surface area (TPSA) is 46.0 Å². The van der Waals surface area contributed by atoms with Crippen molar-refractivity contribution in [1.29, 1.82) is 0 Å². The van der Waals surface area contributed by atoms with E-state index >= 15 is 0 Å². The van der Waals surface area contributed by atoms with E-state index < -0.39 is 0 Å². The van der Waals surface area contributed by atoms with Crippen molar-refractivity contribution in [2.75, 3.05) is 0 Å². The number of aromatic amines is 1. The maximum Gasteiger partial charge on any atom is 0.216 e. The molecule has 0 radical (unpaired) electrons. The molecule has 8 heteroatoms. The zero-order chi connectivity index (χ0) is 14.9. The quantitative estimate of drug-likeness (QED) is 0.486. The Morgan fingerprint density at radius 2 is 1.95 bits per heavy atom. The van der Waals surface area contributed by atoms with Gasteiger partial charge >= 0.3 is 0 Å². The van der Waals surface area contributed by atoms with Gasteiger partial charge in [0.05, 0.1) is 21.3 Å². The number of nitrogens with one attached hydrogen (secondary N) is 1. The minimum Gasteiger partial charge on any atom is -0.250 e. The zero-order valence-electron chi connectivity index (χ0n) is 10.7. The number of rotatable bonds is 3. The minimum atomic E-state index is 0.172. The van der Waals surface area contributed by atoms with Crippen molar-refractivity contribution >= 4 is 53.2 Å². The molecule has 4 nitrogen and oxygen atoms in total. The number of hydrogen-bond donors (Lipinski definition) is 1. The summed E-state index contributed by atoms with van der Waals surface area (Å²) in [6.07, 6.45) is 1.52. The average Bonchev–Trinajstić information content (AvgIpc) is 2.76. The molecule has 0 amide bonds. The van der Waals surface area contributed by atoms with Crippen LogP contribution in [0.4, 0.5) is 0 Å². The van der Waals surface area contributed by atoms with Crippen molar-refractivity contribution in [2.24, 2.45) is 5.10 Å². The predicted molar refractivity (Wildman–Crippen MR) is 86.0 cm³/mol. The van der Waals surface area contributed by atoms with Gasteiger partial charge in [-0.15, -0.1) is 0 Å². The van der Waals surface area contributed by atoms with Crippen molar-refractivity contribution < 1.29 is 0 Å². The van der Waals surface area contributed by atoms with Gasteiger partial charge in [0.25, 0.3) is 0 Å². The highest BCUT2D eigenvalue weighted by atomic mass is 35.5. The van der Waals surface area contributed by atoms with Gasteiger partial charge in [-0.25, -0.2) is 0 Å². The Bertz CT molecular complexity index is 718. The maximum absolute atomic E-state index is 6.11. The molecular formula is C12H11Cl3N4S. The summed E-state index contributed by atoms with van der Waals surface area (Å²) in [5, 5.41) is 12.3. The van der Waals surface area contributed by atoms with Gasteiger partial charge in [0.2, 0.25) is 4.77 Å². The third kappa shape index (κ3) is 3.06. The number of halogens is 3. The molecule has 0 atom stereocenters. The van der Waals surface area contributed by atoms with Crippen LogP contribution in [0.3, 0.4) is 0 Å². The van der Waals surface area contributed by atoms with Crippen molar-refractivity contribution in [3.8, 4) is 0 Å². The van der Waals surface area contributed by atoms with Gasteiger partial charge in [0, 0.05) is 11.5 Å². The van der Waals surface area contributed by atoms with Crippen LogP contribution in [-0.4, -0.2) is 21.1 Å². The smallest absolute Gasteiger partial charge is 0.216 e. The monoisotopic (exact) mass is 348 g/mol. The van der Waals surface area contributed by atoms with Gasteiger partial charge in [-0.05, 0) is 24.4 Å². The van der Waals surface area contributed by atoms with Gasteiger partial charge in [-0.2, -0.15) is 14.9 Å². The Morgan fingerprint density at radius 3 is 2.60 bits per heavy atom. The number of nitrogens with zero attached hydrogens (tertiary/aromatic N) is 3. The van der Waals surface area contributed by atoms with Crippen LogP contribution in [0.15, 0.2) is 17.2 Å². The fourth-order valence-electron chi connectivity index (χ4n) is 1.57. The van der Waals surface area contributed by atoms with Crippen LogP contribution < -0.4 is 0 Å². The molecule has 0 bridgehead atoms. The Hall–Kier alpha value is -0.880. The lowest BCUT2D eigenvalue weighted by molar-refractivity contribution is 0.695. The fraction of sp³-hybridized carbons (Fsp3) is 0.250. The highest BCUT2D eigenvalue weighted by Gasteiger charge is 2.11.